The van der Waals surface area contributed by atoms with Gasteiger partial charge in [0.1, 0.15) is 0 Å². The third-order valence-electron chi connectivity index (χ3n) is 4.54. The second-order valence-corrected chi connectivity index (χ2v) is 6.34. The lowest BCUT2D eigenvalue weighted by atomic mass is 9.94. The molecule has 1 aliphatic rings. The highest BCUT2D eigenvalue weighted by atomic mass is 16.6. The number of benzene rings is 2. The van der Waals surface area contributed by atoms with Crippen LogP contribution in [0.1, 0.15) is 34.6 Å². The number of anilines is 1. The molecule has 7 nitrogen and oxygen atoms in total. The van der Waals surface area contributed by atoms with Gasteiger partial charge in [-0.2, -0.15) is 0 Å². The molecule has 0 bridgehead atoms. The van der Waals surface area contributed by atoms with Gasteiger partial charge in [-0.15, -0.1) is 0 Å². The molecule has 2 aromatic rings. The highest BCUT2D eigenvalue weighted by Gasteiger charge is 2.30. The van der Waals surface area contributed by atoms with Crippen molar-refractivity contribution in [2.24, 2.45) is 0 Å². The van der Waals surface area contributed by atoms with Crippen LogP contribution < -0.4 is 10.2 Å². The average molecular weight is 355 g/mol. The van der Waals surface area contributed by atoms with Gasteiger partial charge in [0.05, 0.1) is 24.0 Å². The smallest absolute Gasteiger partial charge is 0.415 e. The topological polar surface area (TPSA) is 79.0 Å². The van der Waals surface area contributed by atoms with Gasteiger partial charge in [-0.3, -0.25) is 24.7 Å². The molecule has 1 heterocycles. The van der Waals surface area contributed by atoms with Crippen LogP contribution in [-0.4, -0.2) is 49.7 Å². The molecule has 2 aromatic carbocycles. The SMILES string of the molecule is CCOC(=O)N(c1cc2c3c(cccc3c1)C(=O)NC2=O)C(C)N(C)C. The molecule has 0 radical (unpaired) electrons. The maximum Gasteiger partial charge on any atom is 0.415 e. The Bertz CT molecular complexity index is 907. The standard InChI is InChI=1S/C19H21N3O4/c1-5-26-19(25)22(11(2)21(3)4)13-9-12-7-6-8-14-16(12)15(10-13)18(24)20-17(14)23/h6-11H,5H2,1-4H3,(H,20,23,24). The molecule has 0 spiro atoms. The maximum atomic E-state index is 12.6. The Morgan fingerprint density at radius 1 is 1.15 bits per heavy atom. The van der Waals surface area contributed by atoms with E-state index in [1.807, 2.05) is 32.0 Å². The quantitative estimate of drug-likeness (QED) is 0.674. The summed E-state index contributed by atoms with van der Waals surface area (Å²) in [6.45, 7) is 3.85. The lowest BCUT2D eigenvalue weighted by Gasteiger charge is -2.33. The van der Waals surface area contributed by atoms with Crippen molar-refractivity contribution >= 4 is 34.4 Å². The van der Waals surface area contributed by atoms with Crippen LogP contribution in [0.3, 0.4) is 0 Å². The Kier molecular flexibility index (Phi) is 4.65. The number of ether oxygens (including phenoxy) is 1. The van der Waals surface area contributed by atoms with Gasteiger partial charge in [0.2, 0.25) is 0 Å². The molecule has 0 saturated heterocycles. The minimum Gasteiger partial charge on any atom is -0.449 e. The summed E-state index contributed by atoms with van der Waals surface area (Å²) < 4.78 is 5.20. The number of nitrogens with one attached hydrogen (secondary N) is 1. The van der Waals surface area contributed by atoms with Gasteiger partial charge in [-0.25, -0.2) is 4.79 Å². The van der Waals surface area contributed by atoms with Crippen molar-refractivity contribution < 1.29 is 19.1 Å². The molecule has 0 saturated carbocycles. The van der Waals surface area contributed by atoms with Crippen LogP contribution in [0.4, 0.5) is 10.5 Å². The van der Waals surface area contributed by atoms with E-state index >= 15 is 0 Å². The molecule has 1 unspecified atom stereocenters. The van der Waals surface area contributed by atoms with E-state index in [-0.39, 0.29) is 12.8 Å². The summed E-state index contributed by atoms with van der Waals surface area (Å²) in [5.41, 5.74) is 1.36. The molecule has 26 heavy (non-hydrogen) atoms. The van der Waals surface area contributed by atoms with Gasteiger partial charge in [0.25, 0.3) is 11.8 Å². The van der Waals surface area contributed by atoms with E-state index in [1.54, 1.807) is 31.2 Å². The number of amides is 3. The number of carbonyl (C=O) groups is 3. The van der Waals surface area contributed by atoms with Gasteiger partial charge < -0.3 is 4.74 Å². The van der Waals surface area contributed by atoms with Crippen molar-refractivity contribution in [2.75, 3.05) is 25.6 Å². The van der Waals surface area contributed by atoms with Gasteiger partial charge in [0.15, 0.2) is 0 Å². The summed E-state index contributed by atoms with van der Waals surface area (Å²) in [7, 11) is 3.71. The Morgan fingerprint density at radius 3 is 2.50 bits per heavy atom. The number of rotatable bonds is 4. The van der Waals surface area contributed by atoms with Crippen molar-refractivity contribution in [2.45, 2.75) is 20.0 Å². The van der Waals surface area contributed by atoms with Crippen molar-refractivity contribution in [1.29, 1.82) is 0 Å². The van der Waals surface area contributed by atoms with E-state index in [4.69, 9.17) is 4.74 Å². The predicted molar refractivity (Wildman–Crippen MR) is 98.4 cm³/mol. The number of hydrogen-bond donors (Lipinski definition) is 1. The molecule has 0 fully saturated rings. The van der Waals surface area contributed by atoms with Crippen molar-refractivity contribution in [3.8, 4) is 0 Å². The lowest BCUT2D eigenvalue weighted by molar-refractivity contribution is 0.0844. The Labute approximate surface area is 151 Å². The molecule has 3 amide bonds. The Morgan fingerprint density at radius 2 is 1.85 bits per heavy atom. The first-order chi connectivity index (χ1) is 12.3. The summed E-state index contributed by atoms with van der Waals surface area (Å²) in [4.78, 5) is 40.4. The first-order valence-electron chi connectivity index (χ1n) is 8.40. The zero-order valence-corrected chi connectivity index (χ0v) is 15.2. The summed E-state index contributed by atoms with van der Waals surface area (Å²) >= 11 is 0. The minimum absolute atomic E-state index is 0.245. The third-order valence-corrected chi connectivity index (χ3v) is 4.54. The van der Waals surface area contributed by atoms with E-state index in [0.717, 1.165) is 5.39 Å². The fourth-order valence-corrected chi connectivity index (χ4v) is 3.05. The molecule has 136 valence electrons. The lowest BCUT2D eigenvalue weighted by Crippen LogP contribution is -2.47. The molecular formula is C19H21N3O4. The molecule has 0 aliphatic carbocycles. The summed E-state index contributed by atoms with van der Waals surface area (Å²) in [6, 6.07) is 8.68. The molecule has 1 N–H and O–H groups in total. The highest BCUT2D eigenvalue weighted by Crippen LogP contribution is 2.32. The van der Waals surface area contributed by atoms with Crippen LogP contribution in [0.15, 0.2) is 30.3 Å². The maximum absolute atomic E-state index is 12.6. The van der Waals surface area contributed by atoms with Crippen molar-refractivity contribution in [3.63, 3.8) is 0 Å². The first-order valence-corrected chi connectivity index (χ1v) is 8.40. The zero-order valence-electron chi connectivity index (χ0n) is 15.2. The fourth-order valence-electron chi connectivity index (χ4n) is 3.05. The van der Waals surface area contributed by atoms with Gasteiger partial charge in [-0.1, -0.05) is 12.1 Å². The largest absolute Gasteiger partial charge is 0.449 e. The van der Waals surface area contributed by atoms with E-state index in [9.17, 15) is 14.4 Å². The average Bonchev–Trinajstić information content (AvgIpc) is 2.59. The molecular weight excluding hydrogens is 334 g/mol. The van der Waals surface area contributed by atoms with Crippen LogP contribution in [0, 0.1) is 0 Å². The van der Waals surface area contributed by atoms with Crippen LogP contribution in [0.5, 0.6) is 0 Å². The summed E-state index contributed by atoms with van der Waals surface area (Å²) in [6.07, 6.45) is -0.793. The van der Waals surface area contributed by atoms with Gasteiger partial charge >= 0.3 is 6.09 Å². The van der Waals surface area contributed by atoms with Crippen LogP contribution in [0.25, 0.3) is 10.8 Å². The van der Waals surface area contributed by atoms with Crippen molar-refractivity contribution in [3.05, 3.63) is 41.5 Å². The van der Waals surface area contributed by atoms with Gasteiger partial charge in [-0.05, 0) is 51.5 Å². The van der Waals surface area contributed by atoms with Crippen molar-refractivity contribution in [1.82, 2.24) is 10.2 Å². The normalized spacial score (nSPS) is 14.3. The number of hydrogen-bond acceptors (Lipinski definition) is 5. The number of nitrogens with zero attached hydrogens (tertiary/aromatic N) is 2. The second-order valence-electron chi connectivity index (χ2n) is 6.34. The number of imide groups is 1. The number of carbonyl (C=O) groups excluding carboxylic acids is 3. The molecule has 7 heteroatoms. The second kappa shape index (κ2) is 6.76. The van der Waals surface area contributed by atoms with E-state index in [1.165, 1.54) is 4.90 Å². The van der Waals surface area contributed by atoms with Crippen LogP contribution in [0.2, 0.25) is 0 Å². The molecule has 0 aromatic heterocycles. The third kappa shape index (κ3) is 2.90. The van der Waals surface area contributed by atoms with E-state index in [2.05, 4.69) is 5.32 Å². The molecule has 3 rings (SSSR count). The Hall–Kier alpha value is -2.93. The van der Waals surface area contributed by atoms with Crippen LogP contribution in [-0.2, 0) is 4.74 Å². The zero-order chi connectivity index (χ0) is 19.0. The van der Waals surface area contributed by atoms with Gasteiger partial charge in [0, 0.05) is 10.9 Å². The Balaban J connectivity index is 2.22. The minimum atomic E-state index is -0.497. The van der Waals surface area contributed by atoms with E-state index < -0.39 is 17.9 Å². The van der Waals surface area contributed by atoms with E-state index in [0.29, 0.717) is 22.2 Å². The highest BCUT2D eigenvalue weighted by molar-refractivity contribution is 6.26. The van der Waals surface area contributed by atoms with Crippen LogP contribution >= 0.6 is 0 Å². The molecule has 1 aliphatic heterocycles. The summed E-state index contributed by atoms with van der Waals surface area (Å²) in [5, 5.41) is 3.67. The first kappa shape index (κ1) is 17.9. The predicted octanol–water partition coefficient (Wildman–Crippen LogP) is 2.59. The summed E-state index contributed by atoms with van der Waals surface area (Å²) in [5.74, 6) is -0.883. The fraction of sp³-hybridized carbons (Fsp3) is 0.316. The monoisotopic (exact) mass is 355 g/mol. The molecule has 1 atom stereocenters.